The number of rotatable bonds is 3. The van der Waals surface area contributed by atoms with Gasteiger partial charge in [-0.3, -0.25) is 9.59 Å². The first-order valence-corrected chi connectivity index (χ1v) is 6.48. The molecule has 2 fully saturated rings. The van der Waals surface area contributed by atoms with Crippen LogP contribution in [-0.2, 0) is 9.59 Å². The molecule has 0 aromatic carbocycles. The fourth-order valence-corrected chi connectivity index (χ4v) is 2.84. The maximum Gasteiger partial charge on any atom is 0.227 e. The van der Waals surface area contributed by atoms with Crippen molar-refractivity contribution in [1.29, 1.82) is 0 Å². The number of primary amides is 1. The van der Waals surface area contributed by atoms with Crippen LogP contribution in [0.1, 0.15) is 32.1 Å². The van der Waals surface area contributed by atoms with Crippen molar-refractivity contribution in [3.8, 4) is 0 Å². The Morgan fingerprint density at radius 2 is 2.12 bits per heavy atom. The molecule has 2 heterocycles. The van der Waals surface area contributed by atoms with E-state index < -0.39 is 0 Å². The maximum atomic E-state index is 12.3. The van der Waals surface area contributed by atoms with Crippen LogP contribution in [-0.4, -0.2) is 42.4 Å². The number of likely N-dealkylation sites (tertiary alicyclic amines) is 1. The van der Waals surface area contributed by atoms with Crippen LogP contribution in [0.4, 0.5) is 0 Å². The van der Waals surface area contributed by atoms with Crippen molar-refractivity contribution in [3.05, 3.63) is 0 Å². The third-order valence-corrected chi connectivity index (χ3v) is 3.76. The standard InChI is InChI=1S/C12H21N3O2/c13-11(16)7-10-3-1-2-6-15(10)12(17)9-4-5-14-8-9/h9-10,14H,1-8H2,(H2,13,16). The van der Waals surface area contributed by atoms with E-state index in [0.29, 0.717) is 6.42 Å². The van der Waals surface area contributed by atoms with Crippen LogP contribution < -0.4 is 11.1 Å². The molecule has 17 heavy (non-hydrogen) atoms. The summed E-state index contributed by atoms with van der Waals surface area (Å²) in [6, 6.07) is 0.0364. The Morgan fingerprint density at radius 1 is 1.29 bits per heavy atom. The van der Waals surface area contributed by atoms with Crippen LogP contribution in [0.5, 0.6) is 0 Å². The highest BCUT2D eigenvalue weighted by Gasteiger charge is 2.33. The molecular formula is C12H21N3O2. The normalized spacial score (nSPS) is 29.3. The number of nitrogens with two attached hydrogens (primary N) is 1. The van der Waals surface area contributed by atoms with E-state index in [9.17, 15) is 9.59 Å². The van der Waals surface area contributed by atoms with E-state index in [1.54, 1.807) is 0 Å². The number of piperidine rings is 1. The summed E-state index contributed by atoms with van der Waals surface area (Å²) in [6.07, 6.45) is 4.27. The molecule has 3 N–H and O–H groups in total. The van der Waals surface area contributed by atoms with Gasteiger partial charge in [0.2, 0.25) is 11.8 Å². The fraction of sp³-hybridized carbons (Fsp3) is 0.833. The molecule has 2 atom stereocenters. The smallest absolute Gasteiger partial charge is 0.227 e. The molecule has 5 heteroatoms. The van der Waals surface area contributed by atoms with E-state index in [1.807, 2.05) is 4.90 Å². The minimum atomic E-state index is -0.306. The Kier molecular flexibility index (Phi) is 3.99. The number of hydrogen-bond donors (Lipinski definition) is 2. The highest BCUT2D eigenvalue weighted by Crippen LogP contribution is 2.23. The number of carbonyl (C=O) groups excluding carboxylic acids is 2. The van der Waals surface area contributed by atoms with Gasteiger partial charge in [0.1, 0.15) is 0 Å². The molecule has 0 saturated carbocycles. The number of nitrogens with one attached hydrogen (secondary N) is 1. The fourth-order valence-electron chi connectivity index (χ4n) is 2.84. The van der Waals surface area contributed by atoms with Gasteiger partial charge in [0.15, 0.2) is 0 Å². The molecule has 0 aromatic rings. The second-order valence-corrected chi connectivity index (χ2v) is 5.04. The van der Waals surface area contributed by atoms with Crippen LogP contribution in [0, 0.1) is 5.92 Å². The molecule has 2 saturated heterocycles. The van der Waals surface area contributed by atoms with Crippen LogP contribution in [0.15, 0.2) is 0 Å². The Morgan fingerprint density at radius 3 is 2.76 bits per heavy atom. The average Bonchev–Trinajstić information content (AvgIpc) is 2.81. The molecule has 2 unspecified atom stereocenters. The molecule has 96 valence electrons. The lowest BCUT2D eigenvalue weighted by Crippen LogP contribution is -2.48. The van der Waals surface area contributed by atoms with Gasteiger partial charge in [0.25, 0.3) is 0 Å². The lowest BCUT2D eigenvalue weighted by molar-refractivity contribution is -0.139. The van der Waals surface area contributed by atoms with Crippen LogP contribution in [0.25, 0.3) is 0 Å². The predicted octanol–water partition coefficient (Wildman–Crippen LogP) is -0.148. The highest BCUT2D eigenvalue weighted by atomic mass is 16.2. The summed E-state index contributed by atoms with van der Waals surface area (Å²) in [7, 11) is 0. The van der Waals surface area contributed by atoms with E-state index in [2.05, 4.69) is 5.32 Å². The van der Waals surface area contributed by atoms with Gasteiger partial charge >= 0.3 is 0 Å². The largest absolute Gasteiger partial charge is 0.370 e. The first kappa shape index (κ1) is 12.4. The monoisotopic (exact) mass is 239 g/mol. The second kappa shape index (κ2) is 5.49. The zero-order chi connectivity index (χ0) is 12.3. The predicted molar refractivity (Wildman–Crippen MR) is 64.1 cm³/mol. The molecule has 2 rings (SSSR count). The first-order valence-electron chi connectivity index (χ1n) is 6.48. The second-order valence-electron chi connectivity index (χ2n) is 5.04. The quantitative estimate of drug-likeness (QED) is 0.719. The SMILES string of the molecule is NC(=O)CC1CCCCN1C(=O)C1CCNC1. The summed E-state index contributed by atoms with van der Waals surface area (Å²) in [6.45, 7) is 2.48. The van der Waals surface area contributed by atoms with Gasteiger partial charge in [-0.15, -0.1) is 0 Å². The molecule has 2 aliphatic heterocycles. The van der Waals surface area contributed by atoms with Gasteiger partial charge in [-0.1, -0.05) is 0 Å². The molecule has 0 spiro atoms. The molecule has 0 radical (unpaired) electrons. The van der Waals surface area contributed by atoms with Crippen molar-refractivity contribution in [2.24, 2.45) is 11.7 Å². The molecular weight excluding hydrogens is 218 g/mol. The summed E-state index contributed by atoms with van der Waals surface area (Å²) in [5.41, 5.74) is 5.25. The van der Waals surface area contributed by atoms with Crippen molar-refractivity contribution in [2.75, 3.05) is 19.6 Å². The Hall–Kier alpha value is -1.10. The third kappa shape index (κ3) is 2.97. The van der Waals surface area contributed by atoms with Crippen molar-refractivity contribution in [3.63, 3.8) is 0 Å². The number of carbonyl (C=O) groups is 2. The average molecular weight is 239 g/mol. The molecule has 2 amide bonds. The topological polar surface area (TPSA) is 75.4 Å². The van der Waals surface area contributed by atoms with Crippen molar-refractivity contribution < 1.29 is 9.59 Å². The van der Waals surface area contributed by atoms with E-state index in [-0.39, 0.29) is 23.8 Å². The summed E-state index contributed by atoms with van der Waals surface area (Å²) >= 11 is 0. The summed E-state index contributed by atoms with van der Waals surface area (Å²) < 4.78 is 0. The van der Waals surface area contributed by atoms with Crippen LogP contribution in [0.3, 0.4) is 0 Å². The zero-order valence-electron chi connectivity index (χ0n) is 10.2. The van der Waals surface area contributed by atoms with Crippen LogP contribution in [0.2, 0.25) is 0 Å². The van der Waals surface area contributed by atoms with E-state index in [4.69, 9.17) is 5.73 Å². The third-order valence-electron chi connectivity index (χ3n) is 3.76. The summed E-state index contributed by atoms with van der Waals surface area (Å²) in [4.78, 5) is 25.2. The summed E-state index contributed by atoms with van der Waals surface area (Å²) in [5.74, 6) is 0.00340. The summed E-state index contributed by atoms with van der Waals surface area (Å²) in [5, 5.41) is 3.21. The highest BCUT2D eigenvalue weighted by molar-refractivity contribution is 5.81. The molecule has 2 aliphatic rings. The minimum Gasteiger partial charge on any atom is -0.370 e. The van der Waals surface area contributed by atoms with Crippen molar-refractivity contribution in [2.45, 2.75) is 38.1 Å². The van der Waals surface area contributed by atoms with Gasteiger partial charge in [-0.25, -0.2) is 0 Å². The molecule has 0 aliphatic carbocycles. The zero-order valence-corrected chi connectivity index (χ0v) is 10.2. The number of hydrogen-bond acceptors (Lipinski definition) is 3. The molecule has 5 nitrogen and oxygen atoms in total. The van der Waals surface area contributed by atoms with E-state index >= 15 is 0 Å². The van der Waals surface area contributed by atoms with E-state index in [0.717, 1.165) is 45.3 Å². The lowest BCUT2D eigenvalue weighted by atomic mass is 9.96. The van der Waals surface area contributed by atoms with E-state index in [1.165, 1.54) is 0 Å². The Labute approximate surface area is 102 Å². The van der Waals surface area contributed by atoms with Crippen LogP contribution >= 0.6 is 0 Å². The van der Waals surface area contributed by atoms with Gasteiger partial charge in [0, 0.05) is 25.6 Å². The minimum absolute atomic E-state index is 0.0364. The Balaban J connectivity index is 1.99. The van der Waals surface area contributed by atoms with Gasteiger partial charge < -0.3 is 16.0 Å². The molecule has 0 bridgehead atoms. The van der Waals surface area contributed by atoms with Crippen molar-refractivity contribution >= 4 is 11.8 Å². The van der Waals surface area contributed by atoms with Crippen molar-refractivity contribution in [1.82, 2.24) is 10.2 Å². The first-order chi connectivity index (χ1) is 8.18. The number of nitrogens with zero attached hydrogens (tertiary/aromatic N) is 1. The van der Waals surface area contributed by atoms with Gasteiger partial charge in [0.05, 0.1) is 5.92 Å². The number of amides is 2. The Bertz CT molecular complexity index is 300. The molecule has 0 aromatic heterocycles. The lowest BCUT2D eigenvalue weighted by Gasteiger charge is -2.36. The van der Waals surface area contributed by atoms with Gasteiger partial charge in [-0.2, -0.15) is 0 Å². The van der Waals surface area contributed by atoms with Gasteiger partial charge in [-0.05, 0) is 32.2 Å². The maximum absolute atomic E-state index is 12.3.